The van der Waals surface area contributed by atoms with E-state index in [2.05, 4.69) is 36.4 Å². The van der Waals surface area contributed by atoms with Gasteiger partial charge in [-0.05, 0) is 108 Å². The molecule has 0 radical (unpaired) electrons. The van der Waals surface area contributed by atoms with Crippen molar-refractivity contribution < 1.29 is 15.4 Å². The summed E-state index contributed by atoms with van der Waals surface area (Å²) in [6.45, 7) is 0. The summed E-state index contributed by atoms with van der Waals surface area (Å²) >= 11 is 0. The van der Waals surface area contributed by atoms with Gasteiger partial charge >= 0.3 is 0 Å². The monoisotopic (exact) mass is 721 g/mol. The highest BCUT2D eigenvalue weighted by Gasteiger charge is 2.20. The van der Waals surface area contributed by atoms with E-state index in [9.17, 15) is 11.0 Å². The van der Waals surface area contributed by atoms with Gasteiger partial charge in [0.25, 0.3) is 0 Å². The molecule has 0 saturated heterocycles. The van der Waals surface area contributed by atoms with E-state index < -0.39 is 24.2 Å². The number of para-hydroxylation sites is 1. The van der Waals surface area contributed by atoms with E-state index in [0.717, 1.165) is 43.4 Å². The van der Waals surface area contributed by atoms with Crippen LogP contribution in [0.15, 0.2) is 217 Å². The van der Waals surface area contributed by atoms with Gasteiger partial charge in [-0.25, -0.2) is 0 Å². The summed E-state index contributed by atoms with van der Waals surface area (Å²) < 4.78 is 82.8. The standard InChI is InChI=1S/C54H35NO/c1-3-13-44-38(10-1)12-7-16-45(44)41-28-33-43(34-29-41)55(51-19-9-21-53-54(51)50-15-5-6-20-52(50)56-53)42-31-26-37(27-32-42)36-22-24-40(25-23-36)47-17-8-18-48-46-14-4-2-11-39(46)30-35-49(47)48/h1-35H/i26D,27D,28D,29D,31D,32D,33D,34D. The molecular weight excluding hydrogens is 679 g/mol. The molecule has 0 bridgehead atoms. The lowest BCUT2D eigenvalue weighted by Gasteiger charge is -2.26. The number of nitrogens with zero attached hydrogens (tertiary/aromatic N) is 1. The zero-order chi connectivity index (χ0) is 44.0. The Labute approximate surface area is 336 Å². The Balaban J connectivity index is 1.12. The van der Waals surface area contributed by atoms with Crippen molar-refractivity contribution in [3.63, 3.8) is 0 Å². The SMILES string of the molecule is [2H]c1c([2H])c(N(c2c([2H])c([2H])c(-c3cccc4ccccc34)c([2H])c2[2H])c2cccc3oc4ccccc4c23)c([2H])c([2H])c1-c1ccc(-c2cccc3c2ccc2ccccc23)cc1. The molecule has 0 fully saturated rings. The Morgan fingerprint density at radius 1 is 0.339 bits per heavy atom. The summed E-state index contributed by atoms with van der Waals surface area (Å²) in [5.74, 6) is 0. The first-order chi connectivity index (χ1) is 31.1. The van der Waals surface area contributed by atoms with Crippen molar-refractivity contribution in [2.75, 3.05) is 4.90 Å². The molecule has 2 nitrogen and oxygen atoms in total. The Bertz CT molecular complexity index is 3670. The molecule has 0 saturated carbocycles. The summed E-state index contributed by atoms with van der Waals surface area (Å²) in [6.07, 6.45) is 0. The van der Waals surface area contributed by atoms with Crippen LogP contribution in [-0.4, -0.2) is 0 Å². The molecule has 11 aromatic rings. The summed E-state index contributed by atoms with van der Waals surface area (Å²) in [4.78, 5) is 1.36. The van der Waals surface area contributed by atoms with Crippen LogP contribution in [0.3, 0.4) is 0 Å². The van der Waals surface area contributed by atoms with Crippen LogP contribution in [0.25, 0.3) is 87.6 Å². The van der Waals surface area contributed by atoms with Crippen LogP contribution in [0.4, 0.5) is 17.1 Å². The third-order valence-corrected chi connectivity index (χ3v) is 10.6. The normalized spacial score (nSPS) is 13.6. The molecule has 0 N–H and O–H groups in total. The van der Waals surface area contributed by atoms with Gasteiger partial charge in [-0.1, -0.05) is 170 Å². The van der Waals surface area contributed by atoms with Crippen LogP contribution in [0.2, 0.25) is 0 Å². The average molecular weight is 722 g/mol. The molecule has 0 amide bonds. The van der Waals surface area contributed by atoms with E-state index in [1.165, 1.54) is 4.90 Å². The molecule has 1 heterocycles. The van der Waals surface area contributed by atoms with Crippen LogP contribution in [0.1, 0.15) is 11.0 Å². The van der Waals surface area contributed by atoms with Gasteiger partial charge in [0.1, 0.15) is 11.2 Å². The second-order valence-electron chi connectivity index (χ2n) is 13.8. The second kappa shape index (κ2) is 13.2. The summed E-state index contributed by atoms with van der Waals surface area (Å²) in [5, 5.41) is 7.39. The van der Waals surface area contributed by atoms with Crippen LogP contribution in [0, 0.1) is 0 Å². The zero-order valence-electron chi connectivity index (χ0n) is 37.9. The maximum atomic E-state index is 9.66. The van der Waals surface area contributed by atoms with Crippen LogP contribution >= 0.6 is 0 Å². The maximum Gasteiger partial charge on any atom is 0.137 e. The first kappa shape index (κ1) is 24.8. The molecule has 10 aromatic carbocycles. The molecule has 0 aliphatic carbocycles. The Hall–Kier alpha value is -7.42. The van der Waals surface area contributed by atoms with Gasteiger partial charge in [0.15, 0.2) is 0 Å². The number of fused-ring (bicyclic) bond motifs is 7. The second-order valence-corrected chi connectivity index (χ2v) is 13.8. The molecule has 0 spiro atoms. The van der Waals surface area contributed by atoms with E-state index in [4.69, 9.17) is 4.42 Å². The fourth-order valence-corrected chi connectivity index (χ4v) is 7.96. The van der Waals surface area contributed by atoms with Crippen LogP contribution in [0.5, 0.6) is 0 Å². The average Bonchev–Trinajstić information content (AvgIpc) is 3.72. The third-order valence-electron chi connectivity index (χ3n) is 10.6. The highest BCUT2D eigenvalue weighted by Crippen LogP contribution is 2.44. The number of anilines is 3. The van der Waals surface area contributed by atoms with E-state index >= 15 is 0 Å². The van der Waals surface area contributed by atoms with Gasteiger partial charge in [-0.15, -0.1) is 0 Å². The zero-order valence-corrected chi connectivity index (χ0v) is 29.9. The van der Waals surface area contributed by atoms with Crippen molar-refractivity contribution >= 4 is 71.3 Å². The van der Waals surface area contributed by atoms with Crippen molar-refractivity contribution in [2.24, 2.45) is 0 Å². The number of furan rings is 1. The highest BCUT2D eigenvalue weighted by molar-refractivity contribution is 6.14. The van der Waals surface area contributed by atoms with Crippen molar-refractivity contribution in [2.45, 2.75) is 0 Å². The van der Waals surface area contributed by atoms with E-state index in [1.54, 1.807) is 24.3 Å². The summed E-state index contributed by atoms with van der Waals surface area (Å²) in [5.41, 5.74) is 4.04. The Kier molecular flexibility index (Phi) is 5.83. The predicted molar refractivity (Wildman–Crippen MR) is 237 cm³/mol. The fourth-order valence-electron chi connectivity index (χ4n) is 7.96. The van der Waals surface area contributed by atoms with Gasteiger partial charge in [0.2, 0.25) is 0 Å². The fraction of sp³-hybridized carbons (Fsp3) is 0. The topological polar surface area (TPSA) is 16.4 Å². The van der Waals surface area contributed by atoms with Crippen molar-refractivity contribution in [1.29, 1.82) is 0 Å². The number of rotatable bonds is 6. The molecule has 0 unspecified atom stereocenters. The highest BCUT2D eigenvalue weighted by atomic mass is 16.3. The van der Waals surface area contributed by atoms with Gasteiger partial charge in [0, 0.05) is 16.8 Å². The largest absolute Gasteiger partial charge is 0.456 e. The van der Waals surface area contributed by atoms with E-state index in [1.807, 2.05) is 103 Å². The maximum absolute atomic E-state index is 9.66. The lowest BCUT2D eigenvalue weighted by molar-refractivity contribution is 0.669. The Morgan fingerprint density at radius 3 is 1.64 bits per heavy atom. The van der Waals surface area contributed by atoms with Crippen LogP contribution < -0.4 is 4.90 Å². The number of hydrogen-bond donors (Lipinski definition) is 0. The van der Waals surface area contributed by atoms with Crippen LogP contribution in [-0.2, 0) is 0 Å². The number of hydrogen-bond acceptors (Lipinski definition) is 2. The molecule has 0 aliphatic rings. The molecule has 2 heteroatoms. The smallest absolute Gasteiger partial charge is 0.137 e. The van der Waals surface area contributed by atoms with Gasteiger partial charge in [-0.3, -0.25) is 0 Å². The van der Waals surface area contributed by atoms with Gasteiger partial charge in [-0.2, -0.15) is 0 Å². The number of benzene rings is 10. The van der Waals surface area contributed by atoms with Gasteiger partial charge < -0.3 is 9.32 Å². The Morgan fingerprint density at radius 2 is 0.875 bits per heavy atom. The molecule has 56 heavy (non-hydrogen) atoms. The molecule has 0 aliphatic heterocycles. The molecule has 0 atom stereocenters. The molecule has 262 valence electrons. The minimum absolute atomic E-state index is 0.0898. The molecule has 1 aromatic heterocycles. The molecule has 11 rings (SSSR count). The quantitative estimate of drug-likeness (QED) is 0.159. The van der Waals surface area contributed by atoms with E-state index in [0.29, 0.717) is 38.8 Å². The van der Waals surface area contributed by atoms with E-state index in [-0.39, 0.29) is 46.7 Å². The molecular formula is C54H35NO. The third kappa shape index (κ3) is 5.34. The van der Waals surface area contributed by atoms with Gasteiger partial charge in [0.05, 0.1) is 22.0 Å². The first-order valence-corrected chi connectivity index (χ1v) is 18.5. The van der Waals surface area contributed by atoms with Crippen molar-refractivity contribution in [3.05, 3.63) is 212 Å². The van der Waals surface area contributed by atoms with Crippen molar-refractivity contribution in [1.82, 2.24) is 0 Å². The lowest BCUT2D eigenvalue weighted by Crippen LogP contribution is -2.10. The lowest BCUT2D eigenvalue weighted by atomic mass is 9.93. The first-order valence-electron chi connectivity index (χ1n) is 22.5. The minimum atomic E-state index is -0.416. The minimum Gasteiger partial charge on any atom is -0.456 e. The summed E-state index contributed by atoms with van der Waals surface area (Å²) in [7, 11) is 0. The summed E-state index contributed by atoms with van der Waals surface area (Å²) in [6, 6.07) is 48.9. The predicted octanol–water partition coefficient (Wildman–Crippen LogP) is 15.5. The van der Waals surface area contributed by atoms with Crippen molar-refractivity contribution in [3.8, 4) is 33.4 Å².